The summed E-state index contributed by atoms with van der Waals surface area (Å²) in [4.78, 5) is 11.7. The van der Waals surface area contributed by atoms with Crippen molar-refractivity contribution in [2.24, 2.45) is 0 Å². The molecule has 2 N–H and O–H groups in total. The Morgan fingerprint density at radius 1 is 1.17 bits per heavy atom. The summed E-state index contributed by atoms with van der Waals surface area (Å²) in [6.45, 7) is 0.485. The fourth-order valence-corrected chi connectivity index (χ4v) is 2.05. The lowest BCUT2D eigenvalue weighted by atomic mass is 9.95. The summed E-state index contributed by atoms with van der Waals surface area (Å²) >= 11 is 0. The Kier molecular flexibility index (Phi) is 5.46. The standard InChI is InChI=1S/C17H16F3NO3/c1-17(23,12-7-6-11(18)8-14(12)20)10-21-16(22)9-24-15-5-3-2-4-13(15)19/h2-8,23H,9-10H2,1H3,(H,21,22). The Balaban J connectivity index is 1.91. The molecule has 1 unspecified atom stereocenters. The Morgan fingerprint density at radius 2 is 1.88 bits per heavy atom. The van der Waals surface area contributed by atoms with Crippen molar-refractivity contribution in [1.29, 1.82) is 0 Å². The van der Waals surface area contributed by atoms with Crippen LogP contribution in [0.3, 0.4) is 0 Å². The first kappa shape index (κ1) is 17.8. The van der Waals surface area contributed by atoms with Crippen molar-refractivity contribution in [1.82, 2.24) is 5.32 Å². The molecule has 128 valence electrons. The van der Waals surface area contributed by atoms with E-state index < -0.39 is 35.6 Å². The van der Waals surface area contributed by atoms with E-state index in [4.69, 9.17) is 4.74 Å². The molecule has 1 amide bonds. The number of carbonyl (C=O) groups is 1. The number of halogens is 3. The number of rotatable bonds is 6. The Morgan fingerprint density at radius 3 is 2.54 bits per heavy atom. The average molecular weight is 339 g/mol. The predicted octanol–water partition coefficient (Wildman–Crippen LogP) is 2.51. The van der Waals surface area contributed by atoms with Crippen LogP contribution in [0.1, 0.15) is 12.5 Å². The maximum atomic E-state index is 13.7. The molecule has 2 rings (SSSR count). The summed E-state index contributed by atoms with van der Waals surface area (Å²) in [6.07, 6.45) is 0. The summed E-state index contributed by atoms with van der Waals surface area (Å²) < 4.78 is 45.0. The van der Waals surface area contributed by atoms with Crippen molar-refractivity contribution in [2.75, 3.05) is 13.2 Å². The van der Waals surface area contributed by atoms with E-state index in [1.807, 2.05) is 0 Å². The van der Waals surface area contributed by atoms with Gasteiger partial charge in [-0.15, -0.1) is 0 Å². The second kappa shape index (κ2) is 7.35. The molecule has 0 bridgehead atoms. The van der Waals surface area contributed by atoms with E-state index in [9.17, 15) is 23.1 Å². The molecule has 0 aromatic heterocycles. The van der Waals surface area contributed by atoms with Crippen molar-refractivity contribution in [3.63, 3.8) is 0 Å². The van der Waals surface area contributed by atoms with Gasteiger partial charge in [0, 0.05) is 11.6 Å². The van der Waals surface area contributed by atoms with Gasteiger partial charge >= 0.3 is 0 Å². The van der Waals surface area contributed by atoms with Crippen molar-refractivity contribution in [2.45, 2.75) is 12.5 Å². The third-order valence-electron chi connectivity index (χ3n) is 3.34. The normalized spacial score (nSPS) is 13.2. The maximum Gasteiger partial charge on any atom is 0.258 e. The minimum atomic E-state index is -1.74. The quantitative estimate of drug-likeness (QED) is 0.850. The molecular formula is C17H16F3NO3. The first-order valence-electron chi connectivity index (χ1n) is 7.11. The van der Waals surface area contributed by atoms with Gasteiger partial charge in [0.25, 0.3) is 5.91 Å². The summed E-state index contributed by atoms with van der Waals surface area (Å²) in [5, 5.41) is 12.6. The topological polar surface area (TPSA) is 58.6 Å². The monoisotopic (exact) mass is 339 g/mol. The highest BCUT2D eigenvalue weighted by atomic mass is 19.1. The molecule has 0 spiro atoms. The van der Waals surface area contributed by atoms with Gasteiger partial charge in [-0.3, -0.25) is 4.79 Å². The number of ether oxygens (including phenoxy) is 1. The molecule has 0 aliphatic carbocycles. The lowest BCUT2D eigenvalue weighted by Gasteiger charge is -2.24. The number of hydrogen-bond donors (Lipinski definition) is 2. The van der Waals surface area contributed by atoms with Gasteiger partial charge in [0.05, 0.1) is 6.54 Å². The van der Waals surface area contributed by atoms with Crippen LogP contribution in [0.4, 0.5) is 13.2 Å². The molecule has 0 aliphatic heterocycles. The summed E-state index contributed by atoms with van der Waals surface area (Å²) in [7, 11) is 0. The van der Waals surface area contributed by atoms with Gasteiger partial charge in [-0.25, -0.2) is 13.2 Å². The Labute approximate surface area is 136 Å². The molecule has 7 heteroatoms. The third-order valence-corrected chi connectivity index (χ3v) is 3.34. The van der Waals surface area contributed by atoms with Gasteiger partial charge in [-0.1, -0.05) is 18.2 Å². The molecule has 0 radical (unpaired) electrons. The number of benzene rings is 2. The molecule has 0 aliphatic rings. The van der Waals surface area contributed by atoms with Gasteiger partial charge in [-0.2, -0.15) is 0 Å². The molecule has 24 heavy (non-hydrogen) atoms. The highest BCUT2D eigenvalue weighted by Gasteiger charge is 2.27. The van der Waals surface area contributed by atoms with Crippen LogP contribution in [-0.2, 0) is 10.4 Å². The van der Waals surface area contributed by atoms with Gasteiger partial charge in [0.2, 0.25) is 0 Å². The van der Waals surface area contributed by atoms with E-state index in [0.717, 1.165) is 12.1 Å². The third kappa shape index (κ3) is 4.48. The number of hydrogen-bond acceptors (Lipinski definition) is 3. The van der Waals surface area contributed by atoms with Crippen LogP contribution in [0.15, 0.2) is 42.5 Å². The fourth-order valence-electron chi connectivity index (χ4n) is 2.05. The van der Waals surface area contributed by atoms with Crippen LogP contribution in [0.25, 0.3) is 0 Å². The minimum absolute atomic E-state index is 0.0796. The number of nitrogens with one attached hydrogen (secondary N) is 1. The second-order valence-corrected chi connectivity index (χ2v) is 5.39. The summed E-state index contributed by atoms with van der Waals surface area (Å²) in [5.74, 6) is -3.00. The van der Waals surface area contributed by atoms with Gasteiger partial charge in [-0.05, 0) is 25.1 Å². The molecule has 2 aromatic rings. The highest BCUT2D eigenvalue weighted by Crippen LogP contribution is 2.23. The lowest BCUT2D eigenvalue weighted by Crippen LogP contribution is -2.41. The number of para-hydroxylation sites is 1. The molecule has 2 aromatic carbocycles. The fraction of sp³-hybridized carbons (Fsp3) is 0.235. The Hall–Kier alpha value is -2.54. The molecular weight excluding hydrogens is 323 g/mol. The van der Waals surface area contributed by atoms with E-state index in [1.54, 1.807) is 6.07 Å². The largest absolute Gasteiger partial charge is 0.481 e. The van der Waals surface area contributed by atoms with Gasteiger partial charge < -0.3 is 15.2 Å². The summed E-state index contributed by atoms with van der Waals surface area (Å²) in [5.41, 5.74) is -1.90. The second-order valence-electron chi connectivity index (χ2n) is 5.39. The van der Waals surface area contributed by atoms with E-state index in [0.29, 0.717) is 6.07 Å². The first-order chi connectivity index (χ1) is 11.3. The van der Waals surface area contributed by atoms with E-state index in [2.05, 4.69) is 5.32 Å². The van der Waals surface area contributed by atoms with Crippen molar-refractivity contribution in [3.05, 3.63) is 65.5 Å². The summed E-state index contributed by atoms with van der Waals surface area (Å²) in [6, 6.07) is 8.35. The van der Waals surface area contributed by atoms with Crippen molar-refractivity contribution < 1.29 is 27.8 Å². The minimum Gasteiger partial charge on any atom is -0.481 e. The van der Waals surface area contributed by atoms with Crippen LogP contribution in [0.2, 0.25) is 0 Å². The van der Waals surface area contributed by atoms with E-state index in [1.165, 1.54) is 25.1 Å². The smallest absolute Gasteiger partial charge is 0.258 e. The average Bonchev–Trinajstić information content (AvgIpc) is 2.52. The van der Waals surface area contributed by atoms with Gasteiger partial charge in [0.1, 0.15) is 17.2 Å². The van der Waals surface area contributed by atoms with Crippen LogP contribution in [-0.4, -0.2) is 24.2 Å². The molecule has 4 nitrogen and oxygen atoms in total. The first-order valence-corrected chi connectivity index (χ1v) is 7.11. The van der Waals surface area contributed by atoms with E-state index in [-0.39, 0.29) is 17.9 Å². The van der Waals surface area contributed by atoms with Gasteiger partial charge in [0.15, 0.2) is 18.2 Å². The number of aliphatic hydroxyl groups is 1. The van der Waals surface area contributed by atoms with Crippen LogP contribution >= 0.6 is 0 Å². The van der Waals surface area contributed by atoms with Crippen LogP contribution < -0.4 is 10.1 Å². The number of carbonyl (C=O) groups excluding carboxylic acids is 1. The molecule has 0 fully saturated rings. The zero-order valence-corrected chi connectivity index (χ0v) is 12.9. The van der Waals surface area contributed by atoms with E-state index >= 15 is 0 Å². The van der Waals surface area contributed by atoms with Crippen LogP contribution in [0.5, 0.6) is 5.75 Å². The SMILES string of the molecule is CC(O)(CNC(=O)COc1ccccc1F)c1ccc(F)cc1F. The van der Waals surface area contributed by atoms with Crippen molar-refractivity contribution in [3.8, 4) is 5.75 Å². The maximum absolute atomic E-state index is 13.7. The molecule has 0 saturated carbocycles. The zero-order chi connectivity index (χ0) is 17.7. The predicted molar refractivity (Wildman–Crippen MR) is 80.8 cm³/mol. The molecule has 0 heterocycles. The Bertz CT molecular complexity index is 735. The van der Waals surface area contributed by atoms with Crippen molar-refractivity contribution >= 4 is 5.91 Å². The highest BCUT2D eigenvalue weighted by molar-refractivity contribution is 5.77. The molecule has 0 saturated heterocycles. The van der Waals surface area contributed by atoms with Crippen LogP contribution in [0, 0.1) is 17.5 Å². The molecule has 1 atom stereocenters. The number of amides is 1. The lowest BCUT2D eigenvalue weighted by molar-refractivity contribution is -0.124. The zero-order valence-electron chi connectivity index (χ0n) is 12.9.